The van der Waals surface area contributed by atoms with E-state index in [1.807, 2.05) is 32.2 Å². The van der Waals surface area contributed by atoms with Crippen LogP contribution >= 0.6 is 22.9 Å². The van der Waals surface area contributed by atoms with E-state index in [-0.39, 0.29) is 30.3 Å². The summed E-state index contributed by atoms with van der Waals surface area (Å²) in [5.41, 5.74) is 8.64. The number of halogens is 1. The third-order valence-corrected chi connectivity index (χ3v) is 12.4. The number of rotatable bonds is 7. The number of likely N-dealkylation sites (tertiary alicyclic amines) is 1. The van der Waals surface area contributed by atoms with Crippen molar-refractivity contribution in [3.05, 3.63) is 44.6 Å². The molecule has 2 aromatic rings. The van der Waals surface area contributed by atoms with Crippen LogP contribution in [0.2, 0.25) is 5.02 Å². The fourth-order valence-corrected chi connectivity index (χ4v) is 9.44. The van der Waals surface area contributed by atoms with Crippen molar-refractivity contribution >= 4 is 52.2 Å². The van der Waals surface area contributed by atoms with E-state index in [1.165, 1.54) is 25.9 Å². The Kier molecular flexibility index (Phi) is 9.38. The zero-order valence-corrected chi connectivity index (χ0v) is 28.4. The first-order valence-corrected chi connectivity index (χ1v) is 18.2. The molecule has 5 saturated heterocycles. The van der Waals surface area contributed by atoms with E-state index in [2.05, 4.69) is 21.0 Å². The molecule has 0 aliphatic carbocycles. The minimum absolute atomic E-state index is 0.00810. The van der Waals surface area contributed by atoms with Crippen LogP contribution < -0.4 is 11.1 Å². The van der Waals surface area contributed by atoms with Gasteiger partial charge in [-0.3, -0.25) is 14.5 Å². The van der Waals surface area contributed by atoms with Crippen molar-refractivity contribution < 1.29 is 14.4 Å². The number of nitrogens with one attached hydrogen (secondary N) is 1. The lowest BCUT2D eigenvalue weighted by molar-refractivity contribution is -0.143. The molecule has 0 saturated carbocycles. The van der Waals surface area contributed by atoms with Crippen LogP contribution in [0.15, 0.2) is 23.6 Å². The topological polar surface area (TPSA) is 105 Å². The summed E-state index contributed by atoms with van der Waals surface area (Å²) in [5, 5.41) is 5.35. The van der Waals surface area contributed by atoms with Crippen molar-refractivity contribution in [1.82, 2.24) is 24.5 Å². The van der Waals surface area contributed by atoms with Gasteiger partial charge in [0.25, 0.3) is 0 Å². The molecule has 6 aliphatic heterocycles. The predicted octanol–water partition coefficient (Wildman–Crippen LogP) is 3.79. The molecule has 3 N–H and O–H groups in total. The number of carbonyl (C=O) groups excluding carboxylic acids is 3. The highest BCUT2D eigenvalue weighted by atomic mass is 35.5. The quantitative estimate of drug-likeness (QED) is 0.342. The van der Waals surface area contributed by atoms with Crippen LogP contribution in [0.3, 0.4) is 0 Å². The molecule has 0 radical (unpaired) electrons. The van der Waals surface area contributed by atoms with Gasteiger partial charge in [0.2, 0.25) is 11.8 Å². The third-order valence-electron chi connectivity index (χ3n) is 11.1. The first kappa shape index (κ1) is 32.3. The highest BCUT2D eigenvalue weighted by molar-refractivity contribution is 7.10. The number of hydrogen-bond acceptors (Lipinski definition) is 7. The zero-order valence-electron chi connectivity index (χ0n) is 26.8. The van der Waals surface area contributed by atoms with E-state index >= 15 is 0 Å². The lowest BCUT2D eigenvalue weighted by Crippen LogP contribution is -2.61. The van der Waals surface area contributed by atoms with E-state index in [9.17, 15) is 14.4 Å². The second-order valence-corrected chi connectivity index (χ2v) is 15.2. The standard InChI is InChI=1S/C35H44ClN7O3S/c1-2-24-17-23(19-28(36)33(24)37)18-26(34(45)42-14-12-40(13-15-42)30-21-39-8-3-25(30)4-9-39)20-32(44)41-10-5-27(6-11-41)43-22-31-29(7-16-47-31)38-35(43)46/h1,7,16-17,19,25-27,30H,3-6,8-15,18,20-22,37H2,(H,38,46)/t26-,30?/m0/s1. The summed E-state index contributed by atoms with van der Waals surface area (Å²) in [5.74, 6) is 2.79. The number of nitrogens with two attached hydrogens (primary N) is 1. The molecule has 2 bridgehead atoms. The van der Waals surface area contributed by atoms with E-state index in [0.29, 0.717) is 74.3 Å². The average molecular weight is 678 g/mol. The Morgan fingerprint density at radius 1 is 1.04 bits per heavy atom. The monoisotopic (exact) mass is 677 g/mol. The van der Waals surface area contributed by atoms with Gasteiger partial charge in [0.15, 0.2) is 0 Å². The van der Waals surface area contributed by atoms with Gasteiger partial charge in [-0.25, -0.2) is 4.79 Å². The smallest absolute Gasteiger partial charge is 0.322 e. The Morgan fingerprint density at radius 3 is 2.47 bits per heavy atom. The first-order valence-electron chi connectivity index (χ1n) is 17.0. The van der Waals surface area contributed by atoms with Gasteiger partial charge in [-0.05, 0) is 80.3 Å². The van der Waals surface area contributed by atoms with Crippen LogP contribution in [0.5, 0.6) is 0 Å². The molecule has 2 atom stereocenters. The molecule has 7 heterocycles. The minimum atomic E-state index is -0.543. The first-order chi connectivity index (χ1) is 22.8. The lowest BCUT2D eigenvalue weighted by Gasteiger charge is -2.51. The molecule has 0 spiro atoms. The number of fused-ring (bicyclic) bond motifs is 4. The summed E-state index contributed by atoms with van der Waals surface area (Å²) >= 11 is 8.08. The number of terminal acetylenes is 1. The summed E-state index contributed by atoms with van der Waals surface area (Å²) in [6.45, 7) is 8.34. The van der Waals surface area contributed by atoms with E-state index < -0.39 is 5.92 Å². The summed E-state index contributed by atoms with van der Waals surface area (Å²) in [7, 11) is 0. The molecule has 6 aliphatic rings. The van der Waals surface area contributed by atoms with Gasteiger partial charge < -0.3 is 30.7 Å². The predicted molar refractivity (Wildman–Crippen MR) is 185 cm³/mol. The number of thiophene rings is 1. The Labute approximate surface area is 286 Å². The van der Waals surface area contributed by atoms with Crippen molar-refractivity contribution in [3.63, 3.8) is 0 Å². The van der Waals surface area contributed by atoms with E-state index in [1.54, 1.807) is 17.4 Å². The van der Waals surface area contributed by atoms with Crippen LogP contribution in [-0.4, -0.2) is 113 Å². The second kappa shape index (κ2) is 13.7. The summed E-state index contributed by atoms with van der Waals surface area (Å²) in [4.78, 5) is 52.9. The van der Waals surface area contributed by atoms with E-state index in [0.717, 1.165) is 41.7 Å². The van der Waals surface area contributed by atoms with Gasteiger partial charge >= 0.3 is 6.03 Å². The second-order valence-electron chi connectivity index (χ2n) is 13.8. The maximum atomic E-state index is 14.2. The molecule has 10 nitrogen and oxygen atoms in total. The number of urea groups is 1. The number of nitrogens with zero attached hydrogens (tertiary/aromatic N) is 5. The van der Waals surface area contributed by atoms with Gasteiger partial charge in [0.05, 0.1) is 28.9 Å². The highest BCUT2D eigenvalue weighted by Crippen LogP contribution is 2.34. The molecule has 8 rings (SSSR count). The number of piperazine rings is 1. The Balaban J connectivity index is 1.01. The Morgan fingerprint density at radius 2 is 1.79 bits per heavy atom. The van der Waals surface area contributed by atoms with Crippen molar-refractivity contribution in [2.24, 2.45) is 11.8 Å². The molecule has 5 fully saturated rings. The van der Waals surface area contributed by atoms with Gasteiger partial charge in [-0.15, -0.1) is 17.8 Å². The van der Waals surface area contributed by atoms with Crippen LogP contribution in [0.1, 0.15) is 48.1 Å². The van der Waals surface area contributed by atoms with Crippen LogP contribution in [0, 0.1) is 24.2 Å². The summed E-state index contributed by atoms with van der Waals surface area (Å²) < 4.78 is 0. The molecule has 1 aromatic heterocycles. The van der Waals surface area contributed by atoms with Gasteiger partial charge in [-0.1, -0.05) is 17.5 Å². The summed E-state index contributed by atoms with van der Waals surface area (Å²) in [6, 6.07) is 6.09. The fourth-order valence-electron chi connectivity index (χ4n) is 8.37. The minimum Gasteiger partial charge on any atom is -0.397 e. The Bertz CT molecular complexity index is 1550. The number of hydrogen-bond donors (Lipinski definition) is 2. The van der Waals surface area contributed by atoms with Crippen molar-refractivity contribution in [3.8, 4) is 12.3 Å². The Hall–Kier alpha value is -3.30. The lowest BCUT2D eigenvalue weighted by atomic mass is 9.83. The number of anilines is 2. The number of carbonyl (C=O) groups is 3. The average Bonchev–Trinajstić information content (AvgIpc) is 3.56. The third kappa shape index (κ3) is 6.71. The number of piperidine rings is 4. The molecule has 47 heavy (non-hydrogen) atoms. The molecular weight excluding hydrogens is 634 g/mol. The maximum absolute atomic E-state index is 14.2. The number of benzene rings is 1. The summed E-state index contributed by atoms with van der Waals surface area (Å²) in [6.07, 6.45) is 10.1. The van der Waals surface area contributed by atoms with Gasteiger partial charge in [-0.2, -0.15) is 0 Å². The number of amides is 4. The zero-order chi connectivity index (χ0) is 32.7. The number of nitrogen functional groups attached to an aromatic ring is 1. The molecule has 1 aromatic carbocycles. The maximum Gasteiger partial charge on any atom is 0.322 e. The normalized spacial score (nSPS) is 25.7. The molecule has 4 amide bonds. The SMILES string of the molecule is C#Cc1cc(C[C@@H](CC(=O)N2CCC(N3Cc4sccc4NC3=O)CC2)C(=O)N2CCN(C3CN4CCC3CC4)CC2)cc(Cl)c1N. The largest absolute Gasteiger partial charge is 0.397 e. The van der Waals surface area contributed by atoms with E-state index in [4.69, 9.17) is 23.8 Å². The highest BCUT2D eigenvalue weighted by Gasteiger charge is 2.40. The fraction of sp³-hybridized carbons (Fsp3) is 0.571. The van der Waals surface area contributed by atoms with Crippen molar-refractivity contribution in [2.75, 3.05) is 70.0 Å². The molecule has 12 heteroatoms. The molecular formula is C35H44ClN7O3S. The molecule has 250 valence electrons. The van der Waals surface area contributed by atoms with Crippen molar-refractivity contribution in [1.29, 1.82) is 0 Å². The van der Waals surface area contributed by atoms with Gasteiger partial charge in [0.1, 0.15) is 0 Å². The van der Waals surface area contributed by atoms with Crippen LogP contribution in [-0.2, 0) is 22.6 Å². The van der Waals surface area contributed by atoms with Crippen LogP contribution in [0.25, 0.3) is 0 Å². The molecule has 1 unspecified atom stereocenters. The van der Waals surface area contributed by atoms with Crippen LogP contribution in [0.4, 0.5) is 16.2 Å². The van der Waals surface area contributed by atoms with Gasteiger partial charge in [0, 0.05) is 74.8 Å². The van der Waals surface area contributed by atoms with Crippen molar-refractivity contribution in [2.45, 2.75) is 57.2 Å².